The minimum Gasteiger partial charge on any atom is -0.396 e. The molecule has 0 radical (unpaired) electrons. The highest BCUT2D eigenvalue weighted by Gasteiger charge is 2.17. The van der Waals surface area contributed by atoms with Gasteiger partial charge in [0, 0.05) is 31.1 Å². The number of aryl methyl sites for hydroxylation is 1. The molecule has 0 spiro atoms. The summed E-state index contributed by atoms with van der Waals surface area (Å²) >= 11 is 1.17. The van der Waals surface area contributed by atoms with E-state index in [4.69, 9.17) is 5.11 Å². The first-order chi connectivity index (χ1) is 9.03. The first-order valence-corrected chi connectivity index (χ1v) is 7.99. The maximum absolute atomic E-state index is 12.1. The van der Waals surface area contributed by atoms with Gasteiger partial charge in [-0.05, 0) is 18.2 Å². The largest absolute Gasteiger partial charge is 0.396 e. The molecule has 0 bridgehead atoms. The molecule has 0 unspecified atom stereocenters. The summed E-state index contributed by atoms with van der Waals surface area (Å²) in [6, 6.07) is 5.04. The number of aliphatic hydroxyl groups is 1. The third-order valence-electron chi connectivity index (χ3n) is 2.63. The van der Waals surface area contributed by atoms with Crippen LogP contribution in [0.5, 0.6) is 0 Å². The standard InChI is InChI=1S/C11H15N3O3S2/c1-14-9(4-6-12-14)8-13-19(16,17)11-3-2-10(18-11)5-7-15/h2-4,6,13,15H,5,7-8H2,1H3. The van der Waals surface area contributed by atoms with Gasteiger partial charge in [-0.25, -0.2) is 13.1 Å². The molecule has 6 nitrogen and oxygen atoms in total. The van der Waals surface area contributed by atoms with Gasteiger partial charge in [0.05, 0.1) is 12.2 Å². The highest BCUT2D eigenvalue weighted by Crippen LogP contribution is 2.21. The number of aliphatic hydroxyl groups excluding tert-OH is 1. The average molecular weight is 301 g/mol. The maximum Gasteiger partial charge on any atom is 0.250 e. The average Bonchev–Trinajstić information content (AvgIpc) is 2.97. The van der Waals surface area contributed by atoms with E-state index in [-0.39, 0.29) is 17.4 Å². The van der Waals surface area contributed by atoms with Crippen LogP contribution in [0, 0.1) is 0 Å². The summed E-state index contributed by atoms with van der Waals surface area (Å²) in [5.74, 6) is 0. The first kappa shape index (κ1) is 14.2. The van der Waals surface area contributed by atoms with E-state index in [0.29, 0.717) is 6.42 Å². The SMILES string of the molecule is Cn1nccc1CNS(=O)(=O)c1ccc(CCO)s1. The molecular formula is C11H15N3O3S2. The molecule has 2 N–H and O–H groups in total. The fraction of sp³-hybridized carbons (Fsp3) is 0.364. The van der Waals surface area contributed by atoms with Crippen LogP contribution in [-0.4, -0.2) is 29.9 Å². The minimum absolute atomic E-state index is 0.0163. The van der Waals surface area contributed by atoms with Crippen LogP contribution in [0.3, 0.4) is 0 Å². The molecule has 2 aromatic heterocycles. The van der Waals surface area contributed by atoms with E-state index in [1.165, 1.54) is 11.3 Å². The molecule has 8 heteroatoms. The lowest BCUT2D eigenvalue weighted by Gasteiger charge is -2.04. The fourth-order valence-corrected chi connectivity index (χ4v) is 3.95. The maximum atomic E-state index is 12.1. The van der Waals surface area contributed by atoms with Crippen molar-refractivity contribution in [2.75, 3.05) is 6.61 Å². The van der Waals surface area contributed by atoms with E-state index < -0.39 is 10.0 Å². The minimum atomic E-state index is -3.50. The highest BCUT2D eigenvalue weighted by molar-refractivity contribution is 7.91. The van der Waals surface area contributed by atoms with E-state index in [0.717, 1.165) is 10.6 Å². The molecule has 2 rings (SSSR count). The van der Waals surface area contributed by atoms with E-state index >= 15 is 0 Å². The van der Waals surface area contributed by atoms with Crippen molar-refractivity contribution in [2.45, 2.75) is 17.2 Å². The smallest absolute Gasteiger partial charge is 0.250 e. The van der Waals surface area contributed by atoms with Crippen LogP contribution >= 0.6 is 11.3 Å². The van der Waals surface area contributed by atoms with Gasteiger partial charge in [-0.2, -0.15) is 5.10 Å². The van der Waals surface area contributed by atoms with Gasteiger partial charge >= 0.3 is 0 Å². The van der Waals surface area contributed by atoms with Crippen LogP contribution in [0.25, 0.3) is 0 Å². The zero-order valence-corrected chi connectivity index (χ0v) is 12.0. The molecule has 2 heterocycles. The molecule has 2 aromatic rings. The van der Waals surface area contributed by atoms with Crippen molar-refractivity contribution in [2.24, 2.45) is 7.05 Å². The molecule has 0 aliphatic carbocycles. The lowest BCUT2D eigenvalue weighted by Crippen LogP contribution is -2.23. The van der Waals surface area contributed by atoms with Crippen molar-refractivity contribution < 1.29 is 13.5 Å². The quantitative estimate of drug-likeness (QED) is 0.813. The van der Waals surface area contributed by atoms with Crippen molar-refractivity contribution >= 4 is 21.4 Å². The third kappa shape index (κ3) is 3.41. The third-order valence-corrected chi connectivity index (χ3v) is 5.66. The summed E-state index contributed by atoms with van der Waals surface area (Å²) in [6.45, 7) is 0.217. The van der Waals surface area contributed by atoms with Gasteiger partial charge in [0.1, 0.15) is 4.21 Å². The van der Waals surface area contributed by atoms with Crippen LogP contribution in [0.4, 0.5) is 0 Å². The summed E-state index contributed by atoms with van der Waals surface area (Å²) in [6.07, 6.45) is 2.09. The first-order valence-electron chi connectivity index (χ1n) is 5.69. The fourth-order valence-electron chi connectivity index (χ4n) is 1.56. The van der Waals surface area contributed by atoms with Crippen molar-refractivity contribution in [1.82, 2.24) is 14.5 Å². The highest BCUT2D eigenvalue weighted by atomic mass is 32.2. The molecule has 0 saturated heterocycles. The molecule has 19 heavy (non-hydrogen) atoms. The normalized spacial score (nSPS) is 11.9. The summed E-state index contributed by atoms with van der Waals surface area (Å²) in [4.78, 5) is 0.850. The summed E-state index contributed by atoms with van der Waals surface area (Å²) in [5, 5.41) is 12.8. The van der Waals surface area contributed by atoms with Crippen molar-refractivity contribution in [3.8, 4) is 0 Å². The van der Waals surface area contributed by atoms with E-state index in [9.17, 15) is 8.42 Å². The molecule has 0 amide bonds. The topological polar surface area (TPSA) is 84.2 Å². The summed E-state index contributed by atoms with van der Waals surface area (Å²) in [7, 11) is -1.75. The monoisotopic (exact) mass is 301 g/mol. The number of sulfonamides is 1. The van der Waals surface area contributed by atoms with Gasteiger partial charge < -0.3 is 5.11 Å². The Bertz CT molecular complexity index is 646. The van der Waals surface area contributed by atoms with Crippen molar-refractivity contribution in [3.05, 3.63) is 35.0 Å². The lowest BCUT2D eigenvalue weighted by atomic mass is 10.4. The Hall–Kier alpha value is -1.22. The van der Waals surface area contributed by atoms with Crippen LogP contribution in [0.15, 0.2) is 28.6 Å². The number of rotatable bonds is 6. The summed E-state index contributed by atoms with van der Waals surface area (Å²) < 4.78 is 28.5. The van der Waals surface area contributed by atoms with Gasteiger partial charge in [0.15, 0.2) is 0 Å². The Balaban J connectivity index is 2.07. The molecule has 104 valence electrons. The van der Waals surface area contributed by atoms with Gasteiger partial charge in [-0.1, -0.05) is 0 Å². The molecule has 0 aliphatic rings. The Morgan fingerprint density at radius 1 is 1.42 bits per heavy atom. The van der Waals surface area contributed by atoms with Crippen LogP contribution in [0.1, 0.15) is 10.6 Å². The molecule has 0 fully saturated rings. The second-order valence-corrected chi connectivity index (χ2v) is 7.13. The van der Waals surface area contributed by atoms with Gasteiger partial charge in [-0.3, -0.25) is 4.68 Å². The zero-order chi connectivity index (χ0) is 13.9. The molecule has 0 aromatic carbocycles. The summed E-state index contributed by atoms with van der Waals surface area (Å²) in [5.41, 5.74) is 0.788. The second kappa shape index (κ2) is 5.83. The number of nitrogens with zero attached hydrogens (tertiary/aromatic N) is 2. The van der Waals surface area contributed by atoms with Crippen molar-refractivity contribution in [3.63, 3.8) is 0 Å². The number of hydrogen-bond acceptors (Lipinski definition) is 5. The molecule has 0 aliphatic heterocycles. The Labute approximate surface area is 115 Å². The van der Waals surface area contributed by atoms with Crippen LogP contribution in [-0.2, 0) is 30.0 Å². The lowest BCUT2D eigenvalue weighted by molar-refractivity contribution is 0.300. The Kier molecular flexibility index (Phi) is 4.35. The van der Waals surface area contributed by atoms with Gasteiger partial charge in [-0.15, -0.1) is 11.3 Å². The Morgan fingerprint density at radius 2 is 2.21 bits per heavy atom. The number of thiophene rings is 1. The number of hydrogen-bond donors (Lipinski definition) is 2. The zero-order valence-electron chi connectivity index (χ0n) is 10.4. The van der Waals surface area contributed by atoms with E-state index in [1.807, 2.05) is 0 Å². The molecule has 0 atom stereocenters. The number of nitrogens with one attached hydrogen (secondary N) is 1. The van der Waals surface area contributed by atoms with Gasteiger partial charge in [0.25, 0.3) is 0 Å². The van der Waals surface area contributed by atoms with Gasteiger partial charge in [0.2, 0.25) is 10.0 Å². The van der Waals surface area contributed by atoms with Crippen LogP contribution in [0.2, 0.25) is 0 Å². The second-order valence-electron chi connectivity index (χ2n) is 3.97. The van der Waals surface area contributed by atoms with Crippen molar-refractivity contribution in [1.29, 1.82) is 0 Å². The molecular weight excluding hydrogens is 286 g/mol. The molecule has 0 saturated carbocycles. The van der Waals surface area contributed by atoms with E-state index in [1.54, 1.807) is 36.1 Å². The number of aromatic nitrogens is 2. The van der Waals surface area contributed by atoms with E-state index in [2.05, 4.69) is 9.82 Å². The van der Waals surface area contributed by atoms with Crippen LogP contribution < -0.4 is 4.72 Å². The predicted molar refractivity (Wildman–Crippen MR) is 72.3 cm³/mol. The Morgan fingerprint density at radius 3 is 2.84 bits per heavy atom. The predicted octanol–water partition coefficient (Wildman–Crippen LogP) is 0.495.